The van der Waals surface area contributed by atoms with E-state index >= 15 is 0 Å². The topological polar surface area (TPSA) is 192 Å². The van der Waals surface area contributed by atoms with E-state index < -0.39 is 25.2 Å². The van der Waals surface area contributed by atoms with Gasteiger partial charge in [-0.2, -0.15) is 0 Å². The molecule has 0 aromatic heterocycles. The Kier molecular flexibility index (Phi) is 19.3. The molecule has 0 aliphatic carbocycles. The zero-order valence-corrected chi connectivity index (χ0v) is 31.8. The van der Waals surface area contributed by atoms with Crippen LogP contribution < -0.4 is 88.3 Å². The van der Waals surface area contributed by atoms with Crippen LogP contribution in [-0.2, 0) is 9.59 Å². The number of carboxylic acids is 2. The molecule has 0 unspecified atom stereocenters. The van der Waals surface area contributed by atoms with Crippen molar-refractivity contribution >= 4 is 35.7 Å². The van der Waals surface area contributed by atoms with Crippen LogP contribution in [0.4, 0.5) is 0 Å². The fraction of sp³-hybridized carbons (Fsp3) is 0.111. The number of carbonyl (C=O) groups excluding carboxylic acids is 4. The molecule has 0 aliphatic rings. The van der Waals surface area contributed by atoms with Gasteiger partial charge in [0.1, 0.15) is 24.7 Å². The molecule has 0 saturated heterocycles. The van der Waals surface area contributed by atoms with Crippen LogP contribution in [0.5, 0.6) is 34.5 Å². The van der Waals surface area contributed by atoms with E-state index in [-0.39, 0.29) is 82.2 Å². The predicted octanol–water partition coefficient (Wildman–Crippen LogP) is -3.14. The van der Waals surface area contributed by atoms with Crippen molar-refractivity contribution in [1.82, 2.24) is 0 Å². The number of phenolic OH excluding ortho intramolecular Hbond substituents is 2. The standard InChI is InChI=1S/2C18H16O6.2Na/c2*1-23-17-10-12(3-9-16(17)20)2-8-15(19)13-4-6-14(7-5-13)24-11-18(21)22;;/h2*2-10,20H,11H2,1H3,(H,21,22);;/q;;2*+1/p-2. The molecule has 0 radical (unpaired) electrons. The second-order valence-corrected chi connectivity index (χ2v) is 9.63. The summed E-state index contributed by atoms with van der Waals surface area (Å²) < 4.78 is 19.9. The van der Waals surface area contributed by atoms with Gasteiger partial charge in [-0.1, -0.05) is 24.3 Å². The van der Waals surface area contributed by atoms with Crippen molar-refractivity contribution in [3.8, 4) is 34.5 Å². The minimum atomic E-state index is -1.32. The second kappa shape index (κ2) is 22.2. The number of ketones is 2. The summed E-state index contributed by atoms with van der Waals surface area (Å²) in [6, 6.07) is 21.6. The van der Waals surface area contributed by atoms with E-state index in [1.165, 1.54) is 87.0 Å². The fourth-order valence-electron chi connectivity index (χ4n) is 3.85. The van der Waals surface area contributed by atoms with Crippen molar-refractivity contribution < 1.29 is 118 Å². The van der Waals surface area contributed by atoms with E-state index in [0.29, 0.717) is 45.3 Å². The van der Waals surface area contributed by atoms with Crippen LogP contribution in [0.3, 0.4) is 0 Å². The van der Waals surface area contributed by atoms with Crippen LogP contribution in [0.2, 0.25) is 0 Å². The fourth-order valence-corrected chi connectivity index (χ4v) is 3.85. The number of aliphatic carboxylic acids is 2. The molecule has 4 aromatic carbocycles. The third kappa shape index (κ3) is 14.5. The number of aromatic hydroxyl groups is 2. The molecule has 4 aromatic rings. The van der Waals surface area contributed by atoms with Crippen LogP contribution in [0.25, 0.3) is 12.2 Å². The smallest absolute Gasteiger partial charge is 0.546 e. The molecule has 0 amide bonds. The number of ether oxygens (including phenoxy) is 4. The van der Waals surface area contributed by atoms with Crippen LogP contribution in [0.15, 0.2) is 97.1 Å². The summed E-state index contributed by atoms with van der Waals surface area (Å²) >= 11 is 0. The number of allylic oxidation sites excluding steroid dienone is 2. The predicted molar refractivity (Wildman–Crippen MR) is 170 cm³/mol. The average molecular weight is 701 g/mol. The Hall–Kier alpha value is -4.56. The third-order valence-electron chi connectivity index (χ3n) is 6.25. The number of carbonyl (C=O) groups is 4. The molecule has 2 N–H and O–H groups in total. The molecule has 248 valence electrons. The molecule has 0 heterocycles. The van der Waals surface area contributed by atoms with Gasteiger partial charge in [-0.3, -0.25) is 9.59 Å². The Labute approximate surface area is 332 Å². The van der Waals surface area contributed by atoms with Gasteiger partial charge in [0.2, 0.25) is 0 Å². The number of rotatable bonds is 14. The molecular formula is C36H30Na2O12. The van der Waals surface area contributed by atoms with Gasteiger partial charge in [-0.25, -0.2) is 0 Å². The first-order valence-corrected chi connectivity index (χ1v) is 14.0. The molecule has 0 spiro atoms. The largest absolute Gasteiger partial charge is 1.00 e. The number of hydrogen-bond acceptors (Lipinski definition) is 12. The number of benzene rings is 4. The van der Waals surface area contributed by atoms with E-state index in [4.69, 9.17) is 18.9 Å². The van der Waals surface area contributed by atoms with Crippen molar-refractivity contribution in [2.45, 2.75) is 0 Å². The van der Waals surface area contributed by atoms with Gasteiger partial charge in [0.25, 0.3) is 0 Å². The summed E-state index contributed by atoms with van der Waals surface area (Å²) in [5, 5.41) is 39.7. The van der Waals surface area contributed by atoms with Crippen molar-refractivity contribution in [1.29, 1.82) is 0 Å². The number of phenols is 2. The number of hydrogen-bond donors (Lipinski definition) is 2. The Morgan fingerprint density at radius 1 is 0.580 bits per heavy atom. The minimum Gasteiger partial charge on any atom is -0.546 e. The monoisotopic (exact) mass is 700 g/mol. The van der Waals surface area contributed by atoms with Crippen molar-refractivity contribution in [3.05, 3.63) is 119 Å². The Morgan fingerprint density at radius 3 is 1.22 bits per heavy atom. The maximum Gasteiger partial charge on any atom is 1.00 e. The van der Waals surface area contributed by atoms with Gasteiger partial charge in [0, 0.05) is 11.1 Å². The van der Waals surface area contributed by atoms with Crippen LogP contribution in [-0.4, -0.2) is 61.2 Å². The van der Waals surface area contributed by atoms with E-state index in [9.17, 15) is 39.6 Å². The van der Waals surface area contributed by atoms with Gasteiger partial charge in [-0.05, 0) is 96.1 Å². The number of methoxy groups -OCH3 is 2. The molecule has 4 rings (SSSR count). The van der Waals surface area contributed by atoms with Crippen LogP contribution >= 0.6 is 0 Å². The first-order valence-electron chi connectivity index (χ1n) is 14.0. The zero-order valence-electron chi connectivity index (χ0n) is 27.8. The molecule has 0 aliphatic heterocycles. The van der Waals surface area contributed by atoms with E-state index in [0.717, 1.165) is 0 Å². The summed E-state index contributed by atoms with van der Waals surface area (Å²) in [4.78, 5) is 44.8. The second-order valence-electron chi connectivity index (χ2n) is 9.63. The van der Waals surface area contributed by atoms with Gasteiger partial charge >= 0.3 is 59.1 Å². The van der Waals surface area contributed by atoms with Crippen molar-refractivity contribution in [2.24, 2.45) is 0 Å². The van der Waals surface area contributed by atoms with Gasteiger partial charge in [0.15, 0.2) is 34.6 Å². The molecule has 12 nitrogen and oxygen atoms in total. The normalized spacial score (nSPS) is 10.1. The van der Waals surface area contributed by atoms with Gasteiger partial charge in [0.05, 0.1) is 26.2 Å². The van der Waals surface area contributed by atoms with E-state index in [1.54, 1.807) is 36.4 Å². The minimum absolute atomic E-state index is 0. The van der Waals surface area contributed by atoms with Crippen molar-refractivity contribution in [2.75, 3.05) is 27.4 Å². The Balaban J connectivity index is 0.000000481. The molecule has 0 atom stereocenters. The summed E-state index contributed by atoms with van der Waals surface area (Å²) in [5.74, 6) is -1.74. The number of carboxylic acid groups (broad SMARTS) is 2. The SMILES string of the molecule is COc1cc(C=CC(=O)c2ccc(OCC(=O)[O-])cc2)ccc1O.COc1cc(C=CC(=O)c2ccc(OCC(=O)[O-])cc2)ccc1O.[Na+].[Na+]. The summed E-state index contributed by atoms with van der Waals surface area (Å²) in [6.45, 7) is -1.09. The molecule has 0 fully saturated rings. The molecule has 0 bridgehead atoms. The first kappa shape index (κ1) is 43.5. The first-order chi connectivity index (χ1) is 23.0. The summed E-state index contributed by atoms with van der Waals surface area (Å²) in [5.41, 5.74) is 2.26. The molecular weight excluding hydrogens is 670 g/mol. The van der Waals surface area contributed by atoms with Crippen LogP contribution in [0.1, 0.15) is 31.8 Å². The Morgan fingerprint density at radius 2 is 0.920 bits per heavy atom. The van der Waals surface area contributed by atoms with E-state index in [2.05, 4.69) is 0 Å². The van der Waals surface area contributed by atoms with Gasteiger partial charge < -0.3 is 49.0 Å². The summed E-state index contributed by atoms with van der Waals surface area (Å²) in [7, 11) is 2.88. The Bertz CT molecular complexity index is 1670. The van der Waals surface area contributed by atoms with Crippen LogP contribution in [0, 0.1) is 0 Å². The zero-order chi connectivity index (χ0) is 35.1. The summed E-state index contributed by atoms with van der Waals surface area (Å²) in [6.07, 6.45) is 5.99. The molecule has 50 heavy (non-hydrogen) atoms. The van der Waals surface area contributed by atoms with E-state index in [1.807, 2.05) is 0 Å². The quantitative estimate of drug-likeness (QED) is 0.0765. The van der Waals surface area contributed by atoms with Crippen molar-refractivity contribution in [3.63, 3.8) is 0 Å². The molecule has 0 saturated carbocycles. The third-order valence-corrected chi connectivity index (χ3v) is 6.25. The van der Waals surface area contributed by atoms with Gasteiger partial charge in [-0.15, -0.1) is 0 Å². The molecule has 14 heteroatoms. The maximum atomic E-state index is 12.1. The maximum absolute atomic E-state index is 12.1. The average Bonchev–Trinajstić information content (AvgIpc) is 3.09.